The summed E-state index contributed by atoms with van der Waals surface area (Å²) in [4.78, 5) is 4.61. The third kappa shape index (κ3) is 8.19. The van der Waals surface area contributed by atoms with E-state index in [1.54, 1.807) is 0 Å². The van der Waals surface area contributed by atoms with Gasteiger partial charge in [0, 0.05) is 25.3 Å². The van der Waals surface area contributed by atoms with Gasteiger partial charge in [-0.1, -0.05) is 48.5 Å². The van der Waals surface area contributed by atoms with Crippen LogP contribution < -0.4 is 16.0 Å². The highest BCUT2D eigenvalue weighted by molar-refractivity contribution is 14.0. The first-order valence-corrected chi connectivity index (χ1v) is 8.23. The molecule has 130 valence electrons. The Labute approximate surface area is 162 Å². The Hall–Kier alpha value is -1.76. The number of nitrogens with zero attached hydrogens (tertiary/aromatic N) is 1. The van der Waals surface area contributed by atoms with Crippen molar-refractivity contribution < 1.29 is 0 Å². The van der Waals surface area contributed by atoms with E-state index in [0.29, 0.717) is 6.54 Å². The lowest BCUT2D eigenvalue weighted by Gasteiger charge is -2.12. The SMILES string of the molecule is CCNC(=NCc1ccccc1)NCCCNc1ccccc1.I. The third-order valence-electron chi connectivity index (χ3n) is 3.36. The van der Waals surface area contributed by atoms with Gasteiger partial charge in [-0.2, -0.15) is 0 Å². The second-order valence-electron chi connectivity index (χ2n) is 5.25. The third-order valence-corrected chi connectivity index (χ3v) is 3.36. The summed E-state index contributed by atoms with van der Waals surface area (Å²) in [5.41, 5.74) is 2.38. The molecule has 5 heteroatoms. The number of guanidine groups is 1. The summed E-state index contributed by atoms with van der Waals surface area (Å²) >= 11 is 0. The zero-order valence-electron chi connectivity index (χ0n) is 14.2. The summed E-state index contributed by atoms with van der Waals surface area (Å²) in [7, 11) is 0. The second-order valence-corrected chi connectivity index (χ2v) is 5.25. The number of halogens is 1. The molecule has 0 atom stereocenters. The molecular weight excluding hydrogens is 411 g/mol. The van der Waals surface area contributed by atoms with Crippen LogP contribution in [0.4, 0.5) is 5.69 Å². The maximum Gasteiger partial charge on any atom is 0.191 e. The number of benzene rings is 2. The second kappa shape index (κ2) is 12.6. The summed E-state index contributed by atoms with van der Waals surface area (Å²) in [6.45, 7) is 5.47. The molecule has 0 aliphatic heterocycles. The Balaban J connectivity index is 0.00000288. The minimum atomic E-state index is 0. The predicted molar refractivity (Wildman–Crippen MR) is 114 cm³/mol. The number of hydrogen-bond donors (Lipinski definition) is 3. The van der Waals surface area contributed by atoms with Gasteiger partial charge < -0.3 is 16.0 Å². The lowest BCUT2D eigenvalue weighted by Crippen LogP contribution is -2.38. The van der Waals surface area contributed by atoms with Gasteiger partial charge in [-0.15, -0.1) is 24.0 Å². The van der Waals surface area contributed by atoms with Crippen LogP contribution in [-0.2, 0) is 6.54 Å². The summed E-state index contributed by atoms with van der Waals surface area (Å²) < 4.78 is 0. The van der Waals surface area contributed by atoms with Crippen LogP contribution in [0.5, 0.6) is 0 Å². The first-order valence-electron chi connectivity index (χ1n) is 8.23. The van der Waals surface area contributed by atoms with E-state index in [9.17, 15) is 0 Å². The Kier molecular flexibility index (Phi) is 10.7. The van der Waals surface area contributed by atoms with Crippen molar-refractivity contribution in [2.75, 3.05) is 25.0 Å². The number of para-hydroxylation sites is 1. The van der Waals surface area contributed by atoms with Gasteiger partial charge in [0.25, 0.3) is 0 Å². The van der Waals surface area contributed by atoms with Crippen LogP contribution in [0, 0.1) is 0 Å². The van der Waals surface area contributed by atoms with Crippen molar-refractivity contribution in [3.63, 3.8) is 0 Å². The fourth-order valence-corrected chi connectivity index (χ4v) is 2.18. The van der Waals surface area contributed by atoms with Gasteiger partial charge in [-0.3, -0.25) is 0 Å². The predicted octanol–water partition coefficient (Wildman–Crippen LogP) is 3.86. The monoisotopic (exact) mass is 438 g/mol. The maximum atomic E-state index is 4.61. The zero-order chi connectivity index (χ0) is 16.2. The van der Waals surface area contributed by atoms with E-state index in [4.69, 9.17) is 0 Å². The molecule has 2 rings (SSSR count). The molecule has 0 amide bonds. The van der Waals surface area contributed by atoms with Crippen molar-refractivity contribution in [1.82, 2.24) is 10.6 Å². The molecule has 4 nitrogen and oxygen atoms in total. The Morgan fingerprint density at radius 2 is 1.54 bits per heavy atom. The summed E-state index contributed by atoms with van der Waals surface area (Å²) in [6, 6.07) is 20.6. The molecule has 0 heterocycles. The molecule has 0 saturated carbocycles. The highest BCUT2D eigenvalue weighted by Crippen LogP contribution is 2.04. The van der Waals surface area contributed by atoms with Crippen molar-refractivity contribution in [1.29, 1.82) is 0 Å². The van der Waals surface area contributed by atoms with E-state index in [1.165, 1.54) is 5.56 Å². The maximum absolute atomic E-state index is 4.61. The zero-order valence-corrected chi connectivity index (χ0v) is 16.5. The van der Waals surface area contributed by atoms with Crippen LogP contribution in [0.15, 0.2) is 65.7 Å². The molecule has 2 aromatic carbocycles. The topological polar surface area (TPSA) is 48.5 Å². The molecule has 0 aromatic heterocycles. The van der Waals surface area contributed by atoms with Crippen LogP contribution in [0.3, 0.4) is 0 Å². The first kappa shape index (κ1) is 20.3. The van der Waals surface area contributed by atoms with E-state index < -0.39 is 0 Å². The highest BCUT2D eigenvalue weighted by atomic mass is 127. The van der Waals surface area contributed by atoms with E-state index in [0.717, 1.165) is 37.7 Å². The van der Waals surface area contributed by atoms with E-state index in [-0.39, 0.29) is 24.0 Å². The summed E-state index contributed by atoms with van der Waals surface area (Å²) in [5, 5.41) is 10.1. The van der Waals surface area contributed by atoms with Crippen LogP contribution in [-0.4, -0.2) is 25.6 Å². The van der Waals surface area contributed by atoms with Gasteiger partial charge in [0.2, 0.25) is 0 Å². The molecule has 0 fully saturated rings. The Bertz CT molecular complexity index is 572. The summed E-state index contributed by atoms with van der Waals surface area (Å²) in [6.07, 6.45) is 1.03. The smallest absolute Gasteiger partial charge is 0.191 e. The van der Waals surface area contributed by atoms with Crippen molar-refractivity contribution >= 4 is 35.6 Å². The molecule has 0 saturated heterocycles. The van der Waals surface area contributed by atoms with Crippen LogP contribution >= 0.6 is 24.0 Å². The number of hydrogen-bond acceptors (Lipinski definition) is 2. The molecule has 2 aromatic rings. The molecule has 0 spiro atoms. The normalized spacial score (nSPS) is 10.6. The van der Waals surface area contributed by atoms with Crippen LogP contribution in [0.2, 0.25) is 0 Å². The lowest BCUT2D eigenvalue weighted by atomic mass is 10.2. The molecule has 0 aliphatic rings. The van der Waals surface area contributed by atoms with Gasteiger partial charge >= 0.3 is 0 Å². The molecule has 3 N–H and O–H groups in total. The standard InChI is InChI=1S/C19H26N4.HI/c1-2-20-19(23-16-17-10-5-3-6-11-17)22-15-9-14-21-18-12-7-4-8-13-18;/h3-8,10-13,21H,2,9,14-16H2,1H3,(H2,20,22,23);1H. The minimum absolute atomic E-state index is 0. The van der Waals surface area contributed by atoms with Crippen molar-refractivity contribution in [2.45, 2.75) is 19.9 Å². The average molecular weight is 438 g/mol. The average Bonchev–Trinajstić information content (AvgIpc) is 2.61. The molecule has 0 aliphatic carbocycles. The minimum Gasteiger partial charge on any atom is -0.385 e. The van der Waals surface area contributed by atoms with Gasteiger partial charge in [0.05, 0.1) is 6.54 Å². The van der Waals surface area contributed by atoms with Crippen LogP contribution in [0.25, 0.3) is 0 Å². The van der Waals surface area contributed by atoms with E-state index in [2.05, 4.69) is 52.1 Å². The summed E-state index contributed by atoms with van der Waals surface area (Å²) in [5.74, 6) is 0.871. The molecule has 24 heavy (non-hydrogen) atoms. The van der Waals surface area contributed by atoms with Gasteiger partial charge in [-0.05, 0) is 31.0 Å². The van der Waals surface area contributed by atoms with Crippen LogP contribution in [0.1, 0.15) is 18.9 Å². The van der Waals surface area contributed by atoms with Crippen molar-refractivity contribution in [2.24, 2.45) is 4.99 Å². The number of aliphatic imine (C=N–C) groups is 1. The number of anilines is 1. The van der Waals surface area contributed by atoms with Gasteiger partial charge in [-0.25, -0.2) is 4.99 Å². The Morgan fingerprint density at radius 3 is 2.21 bits per heavy atom. The van der Waals surface area contributed by atoms with E-state index >= 15 is 0 Å². The lowest BCUT2D eigenvalue weighted by molar-refractivity contribution is 0.765. The number of rotatable bonds is 8. The molecule has 0 bridgehead atoms. The van der Waals surface area contributed by atoms with E-state index in [1.807, 2.05) is 36.4 Å². The fourth-order valence-electron chi connectivity index (χ4n) is 2.18. The first-order chi connectivity index (χ1) is 11.4. The largest absolute Gasteiger partial charge is 0.385 e. The van der Waals surface area contributed by atoms with Crippen molar-refractivity contribution in [3.05, 3.63) is 66.2 Å². The van der Waals surface area contributed by atoms with Gasteiger partial charge in [0.15, 0.2) is 5.96 Å². The van der Waals surface area contributed by atoms with Gasteiger partial charge in [0.1, 0.15) is 0 Å². The molecular formula is C19H27IN4. The molecule has 0 radical (unpaired) electrons. The fraction of sp³-hybridized carbons (Fsp3) is 0.316. The number of nitrogens with one attached hydrogen (secondary N) is 3. The Morgan fingerprint density at radius 1 is 0.875 bits per heavy atom. The quantitative estimate of drug-likeness (QED) is 0.254. The molecule has 0 unspecified atom stereocenters. The van der Waals surface area contributed by atoms with Crippen molar-refractivity contribution in [3.8, 4) is 0 Å². The highest BCUT2D eigenvalue weighted by Gasteiger charge is 1.97.